The van der Waals surface area contributed by atoms with Crippen LogP contribution in [0.4, 0.5) is 20.2 Å². The van der Waals surface area contributed by atoms with E-state index in [1.807, 2.05) is 0 Å². The van der Waals surface area contributed by atoms with Gasteiger partial charge in [-0.15, -0.1) is 0 Å². The first-order chi connectivity index (χ1) is 9.82. The average Bonchev–Trinajstić information content (AvgIpc) is 3.22. The van der Waals surface area contributed by atoms with E-state index in [2.05, 4.69) is 5.32 Å². The van der Waals surface area contributed by atoms with Crippen molar-refractivity contribution in [3.63, 3.8) is 0 Å². The molecule has 1 aromatic carbocycles. The molecule has 9 heteroatoms. The summed E-state index contributed by atoms with van der Waals surface area (Å²) in [6, 6.07) is 2.77. The highest BCUT2D eigenvalue weighted by atomic mass is 32.2. The lowest BCUT2D eigenvalue weighted by atomic mass is 10.2. The monoisotopic (exact) mass is 320 g/mol. The molecule has 0 saturated heterocycles. The van der Waals surface area contributed by atoms with E-state index < -0.39 is 31.1 Å². The molecule has 0 amide bonds. The number of hydrogen-bond acceptors (Lipinski definition) is 5. The van der Waals surface area contributed by atoms with Gasteiger partial charge in [-0.1, -0.05) is 12.8 Å². The number of rotatable bonds is 7. The Bertz CT molecular complexity index is 645. The fraction of sp³-hybridized carbons (Fsp3) is 0.500. The van der Waals surface area contributed by atoms with Crippen molar-refractivity contribution in [1.82, 2.24) is 0 Å². The Morgan fingerprint density at radius 2 is 2.05 bits per heavy atom. The number of halogens is 2. The lowest BCUT2D eigenvalue weighted by Gasteiger charge is -2.08. The molecule has 0 unspecified atom stereocenters. The zero-order valence-corrected chi connectivity index (χ0v) is 11.8. The number of nitrogens with zero attached hydrogens (tertiary/aromatic N) is 1. The Morgan fingerprint density at radius 3 is 2.57 bits per heavy atom. The molecule has 2 rings (SSSR count). The maximum atomic E-state index is 12.5. The van der Waals surface area contributed by atoms with E-state index in [-0.39, 0.29) is 5.69 Å². The second kappa shape index (κ2) is 5.92. The standard InChI is InChI=1S/C12H14F2N2O4S/c13-12(14)21(19,20)9-3-4-10(11(7-9)16(17)18)15-6-5-8-1-2-8/h3-4,7-8,12,15H,1-2,5-6H2. The van der Waals surface area contributed by atoms with Gasteiger partial charge in [0.2, 0.25) is 9.84 Å². The molecular weight excluding hydrogens is 306 g/mol. The predicted octanol–water partition coefficient (Wildman–Crippen LogP) is 2.80. The molecule has 1 aromatic rings. The van der Waals surface area contributed by atoms with Crippen LogP contribution in [0.5, 0.6) is 0 Å². The van der Waals surface area contributed by atoms with Gasteiger partial charge in [0.15, 0.2) is 0 Å². The Morgan fingerprint density at radius 1 is 1.38 bits per heavy atom. The van der Waals surface area contributed by atoms with E-state index in [0.29, 0.717) is 18.5 Å². The van der Waals surface area contributed by atoms with E-state index in [1.165, 1.54) is 0 Å². The van der Waals surface area contributed by atoms with Gasteiger partial charge in [0.25, 0.3) is 5.69 Å². The summed E-state index contributed by atoms with van der Waals surface area (Å²) in [5, 5.41) is 13.8. The smallest absolute Gasteiger partial charge is 0.341 e. The first-order valence-electron chi connectivity index (χ1n) is 6.36. The van der Waals surface area contributed by atoms with Crippen molar-refractivity contribution in [2.24, 2.45) is 5.92 Å². The van der Waals surface area contributed by atoms with Crippen LogP contribution in [0.2, 0.25) is 0 Å². The highest BCUT2D eigenvalue weighted by Crippen LogP contribution is 2.33. The SMILES string of the molecule is O=[N+]([O-])c1cc(S(=O)(=O)C(F)F)ccc1NCCC1CC1. The molecule has 0 aliphatic heterocycles. The van der Waals surface area contributed by atoms with Crippen LogP contribution in [0, 0.1) is 16.0 Å². The van der Waals surface area contributed by atoms with E-state index in [1.54, 1.807) is 0 Å². The van der Waals surface area contributed by atoms with Gasteiger partial charge in [0.05, 0.1) is 9.82 Å². The largest absolute Gasteiger partial charge is 0.379 e. The van der Waals surface area contributed by atoms with Crippen LogP contribution in [-0.2, 0) is 9.84 Å². The highest BCUT2D eigenvalue weighted by molar-refractivity contribution is 7.91. The highest BCUT2D eigenvalue weighted by Gasteiger charge is 2.29. The maximum absolute atomic E-state index is 12.5. The van der Waals surface area contributed by atoms with Crippen molar-refractivity contribution < 1.29 is 22.1 Å². The summed E-state index contributed by atoms with van der Waals surface area (Å²) in [6.07, 6.45) is 3.17. The molecule has 0 heterocycles. The van der Waals surface area contributed by atoms with Crippen LogP contribution >= 0.6 is 0 Å². The molecule has 1 N–H and O–H groups in total. The summed E-state index contributed by atoms with van der Waals surface area (Å²) in [4.78, 5) is 9.42. The predicted molar refractivity (Wildman–Crippen MR) is 72.1 cm³/mol. The topological polar surface area (TPSA) is 89.3 Å². The number of nitro benzene ring substituents is 1. The molecule has 1 fully saturated rings. The molecule has 0 aromatic heterocycles. The Kier molecular flexibility index (Phi) is 4.40. The van der Waals surface area contributed by atoms with Gasteiger partial charge in [-0.05, 0) is 24.5 Å². The number of nitro groups is 1. The van der Waals surface area contributed by atoms with Gasteiger partial charge in [-0.2, -0.15) is 8.78 Å². The molecule has 0 bridgehead atoms. The molecule has 21 heavy (non-hydrogen) atoms. The third kappa shape index (κ3) is 3.66. The summed E-state index contributed by atoms with van der Waals surface area (Å²) < 4.78 is 47.6. The van der Waals surface area contributed by atoms with Gasteiger partial charge in [0.1, 0.15) is 5.69 Å². The van der Waals surface area contributed by atoms with Gasteiger partial charge in [-0.25, -0.2) is 8.42 Å². The molecule has 1 aliphatic carbocycles. The number of nitrogens with one attached hydrogen (secondary N) is 1. The molecule has 0 atom stereocenters. The summed E-state index contributed by atoms with van der Waals surface area (Å²) >= 11 is 0. The van der Waals surface area contributed by atoms with Crippen molar-refractivity contribution >= 4 is 21.2 Å². The second-order valence-corrected chi connectivity index (χ2v) is 6.82. The third-order valence-electron chi connectivity index (χ3n) is 3.29. The van der Waals surface area contributed by atoms with Crippen molar-refractivity contribution in [2.45, 2.75) is 29.9 Å². The van der Waals surface area contributed by atoms with Crippen LogP contribution in [0.15, 0.2) is 23.1 Å². The summed E-state index contributed by atoms with van der Waals surface area (Å²) in [7, 11) is -4.84. The summed E-state index contributed by atoms with van der Waals surface area (Å²) in [5.41, 5.74) is -0.388. The molecule has 6 nitrogen and oxygen atoms in total. The van der Waals surface area contributed by atoms with Crippen LogP contribution in [0.25, 0.3) is 0 Å². The zero-order valence-electron chi connectivity index (χ0n) is 11.0. The van der Waals surface area contributed by atoms with Crippen molar-refractivity contribution in [1.29, 1.82) is 0 Å². The van der Waals surface area contributed by atoms with Crippen LogP contribution in [-0.4, -0.2) is 25.6 Å². The Balaban J connectivity index is 2.23. The molecule has 1 saturated carbocycles. The van der Waals surface area contributed by atoms with Gasteiger partial charge in [-0.3, -0.25) is 10.1 Å². The Hall–Kier alpha value is -1.77. The minimum atomic E-state index is -4.84. The lowest BCUT2D eigenvalue weighted by molar-refractivity contribution is -0.384. The van der Waals surface area contributed by atoms with Gasteiger partial charge < -0.3 is 5.32 Å². The summed E-state index contributed by atoms with van der Waals surface area (Å²) in [5.74, 6) is -2.97. The molecule has 1 aliphatic rings. The minimum absolute atomic E-state index is 0.133. The molecule has 0 spiro atoms. The minimum Gasteiger partial charge on any atom is -0.379 e. The molecule has 0 radical (unpaired) electrons. The normalized spacial score (nSPS) is 15.2. The van der Waals surface area contributed by atoms with E-state index in [0.717, 1.165) is 31.4 Å². The summed E-state index contributed by atoms with van der Waals surface area (Å²) in [6.45, 7) is 0.520. The molecule has 116 valence electrons. The quantitative estimate of drug-likeness (QED) is 0.616. The van der Waals surface area contributed by atoms with Crippen molar-refractivity contribution in [3.8, 4) is 0 Å². The first-order valence-corrected chi connectivity index (χ1v) is 7.91. The van der Waals surface area contributed by atoms with E-state index >= 15 is 0 Å². The first kappa shape index (κ1) is 15.6. The number of benzene rings is 1. The van der Waals surface area contributed by atoms with Gasteiger partial charge in [0, 0.05) is 12.6 Å². The second-order valence-electron chi connectivity index (χ2n) is 4.90. The average molecular weight is 320 g/mol. The maximum Gasteiger partial charge on any atom is 0.341 e. The fourth-order valence-electron chi connectivity index (χ4n) is 1.91. The number of alkyl halides is 2. The van der Waals surface area contributed by atoms with Crippen LogP contribution in [0.1, 0.15) is 19.3 Å². The third-order valence-corrected chi connectivity index (χ3v) is 4.67. The van der Waals surface area contributed by atoms with Crippen LogP contribution in [0.3, 0.4) is 0 Å². The lowest BCUT2D eigenvalue weighted by Crippen LogP contribution is -2.12. The van der Waals surface area contributed by atoms with Gasteiger partial charge >= 0.3 is 5.76 Å². The van der Waals surface area contributed by atoms with Crippen LogP contribution < -0.4 is 5.32 Å². The fourth-order valence-corrected chi connectivity index (χ4v) is 2.65. The van der Waals surface area contributed by atoms with E-state index in [4.69, 9.17) is 0 Å². The molecular formula is C12H14F2N2O4S. The zero-order chi connectivity index (χ0) is 15.6. The number of anilines is 1. The van der Waals surface area contributed by atoms with Crippen molar-refractivity contribution in [2.75, 3.05) is 11.9 Å². The number of sulfone groups is 1. The number of hydrogen-bond donors (Lipinski definition) is 1. The van der Waals surface area contributed by atoms with E-state index in [9.17, 15) is 27.3 Å². The van der Waals surface area contributed by atoms with Crippen molar-refractivity contribution in [3.05, 3.63) is 28.3 Å². The Labute approximate surface area is 120 Å².